The van der Waals surface area contributed by atoms with E-state index in [-0.39, 0.29) is 11.2 Å². The van der Waals surface area contributed by atoms with Gasteiger partial charge in [0.2, 0.25) is 0 Å². The molecule has 0 spiro atoms. The first-order valence-electron chi connectivity index (χ1n) is 6.66. The predicted molar refractivity (Wildman–Crippen MR) is 75.6 cm³/mol. The van der Waals surface area contributed by atoms with Gasteiger partial charge < -0.3 is 4.74 Å². The molecular formula is C16H24O3. The van der Waals surface area contributed by atoms with Gasteiger partial charge in [0.1, 0.15) is 0 Å². The van der Waals surface area contributed by atoms with Gasteiger partial charge in [0.25, 0.3) is 0 Å². The summed E-state index contributed by atoms with van der Waals surface area (Å²) in [6.45, 7) is 13.1. The molecule has 1 fully saturated rings. The van der Waals surface area contributed by atoms with Crippen LogP contribution >= 0.6 is 0 Å². The van der Waals surface area contributed by atoms with E-state index in [1.165, 1.54) is 6.92 Å². The molecular weight excluding hydrogens is 240 g/mol. The van der Waals surface area contributed by atoms with Crippen LogP contribution in [0.15, 0.2) is 24.3 Å². The standard InChI is InChI=1S/C16H24O3/c1-11(2)7-10-16(6)14(18)13(19-12(3)17)8-9-15(16,4)5/h7,10,13H,1,8-9H2,2-6H3/b10-7+. The maximum Gasteiger partial charge on any atom is 0.303 e. The van der Waals surface area contributed by atoms with Crippen molar-refractivity contribution in [2.75, 3.05) is 0 Å². The molecule has 0 saturated heterocycles. The molecule has 1 saturated carbocycles. The van der Waals surface area contributed by atoms with Crippen LogP contribution in [-0.4, -0.2) is 17.9 Å². The van der Waals surface area contributed by atoms with E-state index in [0.29, 0.717) is 6.42 Å². The van der Waals surface area contributed by atoms with E-state index in [4.69, 9.17) is 4.74 Å². The smallest absolute Gasteiger partial charge is 0.303 e. The highest BCUT2D eigenvalue weighted by molar-refractivity contribution is 5.93. The minimum Gasteiger partial charge on any atom is -0.455 e. The first-order chi connectivity index (χ1) is 8.60. The lowest BCUT2D eigenvalue weighted by molar-refractivity contribution is -0.163. The van der Waals surface area contributed by atoms with E-state index in [9.17, 15) is 9.59 Å². The highest BCUT2D eigenvalue weighted by Gasteiger charge is 2.52. The lowest BCUT2D eigenvalue weighted by Gasteiger charge is -2.47. The fourth-order valence-electron chi connectivity index (χ4n) is 2.48. The molecule has 0 bridgehead atoms. The number of ketones is 1. The average Bonchev–Trinajstić information content (AvgIpc) is 2.28. The third kappa shape index (κ3) is 3.14. The van der Waals surface area contributed by atoms with Crippen molar-refractivity contribution in [2.24, 2.45) is 10.8 Å². The van der Waals surface area contributed by atoms with Crippen molar-refractivity contribution in [3.8, 4) is 0 Å². The van der Waals surface area contributed by atoms with Crippen molar-refractivity contribution in [3.05, 3.63) is 24.3 Å². The Hall–Kier alpha value is -1.38. The highest BCUT2D eigenvalue weighted by atomic mass is 16.5. The number of allylic oxidation sites excluding steroid dienone is 3. The third-order valence-electron chi connectivity index (χ3n) is 4.25. The average molecular weight is 264 g/mol. The van der Waals surface area contributed by atoms with Crippen molar-refractivity contribution in [1.29, 1.82) is 0 Å². The van der Waals surface area contributed by atoms with Crippen LogP contribution in [0.3, 0.4) is 0 Å². The van der Waals surface area contributed by atoms with Crippen LogP contribution < -0.4 is 0 Å². The summed E-state index contributed by atoms with van der Waals surface area (Å²) in [4.78, 5) is 23.7. The summed E-state index contributed by atoms with van der Waals surface area (Å²) in [5.41, 5.74) is 0.108. The molecule has 0 aromatic rings. The van der Waals surface area contributed by atoms with Crippen LogP contribution in [0.25, 0.3) is 0 Å². The van der Waals surface area contributed by atoms with Crippen LogP contribution in [0, 0.1) is 10.8 Å². The Morgan fingerprint density at radius 1 is 1.37 bits per heavy atom. The van der Waals surface area contributed by atoms with Crippen LogP contribution in [-0.2, 0) is 14.3 Å². The van der Waals surface area contributed by atoms with Gasteiger partial charge in [-0.05, 0) is 32.1 Å². The molecule has 0 heterocycles. The van der Waals surface area contributed by atoms with Crippen LogP contribution in [0.1, 0.15) is 47.5 Å². The predicted octanol–water partition coefficient (Wildman–Crippen LogP) is 3.45. The Morgan fingerprint density at radius 2 is 1.95 bits per heavy atom. The van der Waals surface area contributed by atoms with Gasteiger partial charge in [0.15, 0.2) is 11.9 Å². The van der Waals surface area contributed by atoms with Gasteiger partial charge in [-0.2, -0.15) is 0 Å². The Labute approximate surface area is 115 Å². The third-order valence-corrected chi connectivity index (χ3v) is 4.25. The van der Waals surface area contributed by atoms with Crippen LogP contribution in [0.2, 0.25) is 0 Å². The number of hydrogen-bond donors (Lipinski definition) is 0. The molecule has 2 unspecified atom stereocenters. The lowest BCUT2D eigenvalue weighted by Crippen LogP contribution is -2.51. The monoisotopic (exact) mass is 264 g/mol. The van der Waals surface area contributed by atoms with Crippen molar-refractivity contribution in [2.45, 2.75) is 53.6 Å². The van der Waals surface area contributed by atoms with Gasteiger partial charge in [-0.1, -0.05) is 38.2 Å². The number of Topliss-reactive ketones (excluding diaryl/α,β-unsaturated/α-hetero) is 1. The largest absolute Gasteiger partial charge is 0.455 e. The Bertz CT molecular complexity index is 431. The summed E-state index contributed by atoms with van der Waals surface area (Å²) in [5.74, 6) is -0.416. The SMILES string of the molecule is C=C(C)/C=C/C1(C)C(=O)C(OC(C)=O)CCC1(C)C. The Kier molecular flexibility index (Phi) is 4.39. The van der Waals surface area contributed by atoms with Gasteiger partial charge in [-0.3, -0.25) is 9.59 Å². The van der Waals surface area contributed by atoms with Crippen LogP contribution in [0.5, 0.6) is 0 Å². The second-order valence-corrected chi connectivity index (χ2v) is 6.27. The molecule has 19 heavy (non-hydrogen) atoms. The number of esters is 1. The van der Waals surface area contributed by atoms with E-state index in [0.717, 1.165) is 12.0 Å². The fraction of sp³-hybridized carbons (Fsp3) is 0.625. The minimum absolute atomic E-state index is 0.0172. The first-order valence-corrected chi connectivity index (χ1v) is 6.66. The fourth-order valence-corrected chi connectivity index (χ4v) is 2.48. The van der Waals surface area contributed by atoms with Crippen molar-refractivity contribution in [3.63, 3.8) is 0 Å². The maximum atomic E-state index is 12.7. The highest BCUT2D eigenvalue weighted by Crippen LogP contribution is 2.49. The molecule has 106 valence electrons. The maximum absolute atomic E-state index is 12.7. The molecule has 0 radical (unpaired) electrons. The van der Waals surface area contributed by atoms with Gasteiger partial charge in [0.05, 0.1) is 5.41 Å². The number of carbonyl (C=O) groups is 2. The summed E-state index contributed by atoms with van der Waals surface area (Å²) in [6, 6.07) is 0. The molecule has 1 rings (SSSR count). The van der Waals surface area contributed by atoms with Crippen molar-refractivity contribution < 1.29 is 14.3 Å². The van der Waals surface area contributed by atoms with Crippen molar-refractivity contribution >= 4 is 11.8 Å². The zero-order chi connectivity index (χ0) is 14.8. The Balaban J connectivity index is 3.10. The van der Waals surface area contributed by atoms with E-state index in [1.54, 1.807) is 0 Å². The van der Waals surface area contributed by atoms with Crippen molar-refractivity contribution in [1.82, 2.24) is 0 Å². The summed E-state index contributed by atoms with van der Waals surface area (Å²) in [5, 5.41) is 0. The topological polar surface area (TPSA) is 43.4 Å². The van der Waals surface area contributed by atoms with E-state index < -0.39 is 17.5 Å². The van der Waals surface area contributed by atoms with Gasteiger partial charge >= 0.3 is 5.97 Å². The number of carbonyl (C=O) groups excluding carboxylic acids is 2. The molecule has 0 aromatic heterocycles. The minimum atomic E-state index is -0.635. The first kappa shape index (κ1) is 15.7. The summed E-state index contributed by atoms with van der Waals surface area (Å²) in [6.07, 6.45) is 4.60. The molecule has 0 N–H and O–H groups in total. The van der Waals surface area contributed by atoms with Crippen LogP contribution in [0.4, 0.5) is 0 Å². The number of hydrogen-bond acceptors (Lipinski definition) is 3. The van der Waals surface area contributed by atoms with E-state index in [2.05, 4.69) is 20.4 Å². The zero-order valence-electron chi connectivity index (χ0n) is 12.6. The zero-order valence-corrected chi connectivity index (χ0v) is 12.6. The Morgan fingerprint density at radius 3 is 2.42 bits per heavy atom. The second kappa shape index (κ2) is 5.32. The lowest BCUT2D eigenvalue weighted by atomic mass is 9.57. The normalized spacial score (nSPS) is 30.4. The molecule has 2 atom stereocenters. The quantitative estimate of drug-likeness (QED) is 0.579. The molecule has 0 aliphatic heterocycles. The molecule has 3 nitrogen and oxygen atoms in total. The van der Waals surface area contributed by atoms with E-state index in [1.807, 2.05) is 26.0 Å². The second-order valence-electron chi connectivity index (χ2n) is 6.27. The number of ether oxygens (including phenoxy) is 1. The molecule has 1 aliphatic rings. The summed E-state index contributed by atoms with van der Waals surface area (Å²) >= 11 is 0. The summed E-state index contributed by atoms with van der Waals surface area (Å²) < 4.78 is 5.15. The number of rotatable bonds is 3. The molecule has 0 amide bonds. The van der Waals surface area contributed by atoms with Gasteiger partial charge in [0, 0.05) is 6.92 Å². The van der Waals surface area contributed by atoms with E-state index >= 15 is 0 Å². The molecule has 0 aromatic carbocycles. The molecule has 3 heteroatoms. The van der Waals surface area contributed by atoms with Gasteiger partial charge in [-0.25, -0.2) is 0 Å². The summed E-state index contributed by atoms with van der Waals surface area (Å²) in [7, 11) is 0. The van der Waals surface area contributed by atoms with Gasteiger partial charge in [-0.15, -0.1) is 0 Å². The molecule has 1 aliphatic carbocycles.